The quantitative estimate of drug-likeness (QED) is 0.629. The summed E-state index contributed by atoms with van der Waals surface area (Å²) in [4.78, 5) is 0. The molecule has 1 aliphatic heterocycles. The number of aliphatic hydroxyl groups is 1. The SMILES string of the molecule is C=Cc1ccc(CO[C@H]2CN[C@@H](C(O)(c3ccccc3)c3ccccc3)C2)cc1. The summed E-state index contributed by atoms with van der Waals surface area (Å²) in [5.41, 5.74) is 2.92. The first kappa shape index (κ1) is 19.6. The van der Waals surface area contributed by atoms with Crippen molar-refractivity contribution in [3.8, 4) is 0 Å². The van der Waals surface area contributed by atoms with E-state index in [0.717, 1.165) is 35.2 Å². The van der Waals surface area contributed by atoms with Gasteiger partial charge in [0.1, 0.15) is 5.60 Å². The second kappa shape index (κ2) is 8.75. The highest BCUT2D eigenvalue weighted by molar-refractivity contribution is 5.47. The van der Waals surface area contributed by atoms with Crippen LogP contribution >= 0.6 is 0 Å². The second-order valence-electron chi connectivity index (χ2n) is 7.57. The van der Waals surface area contributed by atoms with E-state index in [2.05, 4.69) is 24.0 Å². The third-order valence-corrected chi connectivity index (χ3v) is 5.72. The molecule has 0 aliphatic carbocycles. The van der Waals surface area contributed by atoms with Crippen LogP contribution in [0.3, 0.4) is 0 Å². The van der Waals surface area contributed by atoms with E-state index in [-0.39, 0.29) is 12.1 Å². The average Bonchev–Trinajstić information content (AvgIpc) is 3.28. The normalized spacial score (nSPS) is 19.2. The highest BCUT2D eigenvalue weighted by Crippen LogP contribution is 2.37. The van der Waals surface area contributed by atoms with Gasteiger partial charge in [-0.1, -0.05) is 97.6 Å². The van der Waals surface area contributed by atoms with Crippen molar-refractivity contribution in [2.45, 2.75) is 30.8 Å². The fourth-order valence-corrected chi connectivity index (χ4v) is 4.07. The van der Waals surface area contributed by atoms with Crippen molar-refractivity contribution < 1.29 is 9.84 Å². The zero-order valence-corrected chi connectivity index (χ0v) is 16.5. The van der Waals surface area contributed by atoms with Crippen LogP contribution in [0.15, 0.2) is 91.5 Å². The van der Waals surface area contributed by atoms with Crippen molar-refractivity contribution in [1.29, 1.82) is 0 Å². The Morgan fingerprint density at radius 1 is 0.931 bits per heavy atom. The van der Waals surface area contributed by atoms with Crippen molar-refractivity contribution in [1.82, 2.24) is 5.32 Å². The van der Waals surface area contributed by atoms with E-state index in [4.69, 9.17) is 4.74 Å². The van der Waals surface area contributed by atoms with E-state index in [1.54, 1.807) is 0 Å². The second-order valence-corrected chi connectivity index (χ2v) is 7.57. The zero-order valence-electron chi connectivity index (χ0n) is 16.5. The van der Waals surface area contributed by atoms with Crippen LogP contribution in [0.1, 0.15) is 28.7 Å². The van der Waals surface area contributed by atoms with E-state index in [0.29, 0.717) is 6.61 Å². The molecule has 1 saturated heterocycles. The number of benzene rings is 3. The fourth-order valence-electron chi connectivity index (χ4n) is 4.07. The van der Waals surface area contributed by atoms with Crippen LogP contribution in [0.4, 0.5) is 0 Å². The van der Waals surface area contributed by atoms with Crippen molar-refractivity contribution in [2.75, 3.05) is 6.54 Å². The monoisotopic (exact) mass is 385 g/mol. The van der Waals surface area contributed by atoms with Crippen molar-refractivity contribution >= 4 is 6.08 Å². The number of hydrogen-bond acceptors (Lipinski definition) is 3. The molecule has 0 radical (unpaired) electrons. The Morgan fingerprint density at radius 3 is 2.07 bits per heavy atom. The van der Waals surface area contributed by atoms with Crippen molar-refractivity contribution in [3.05, 3.63) is 114 Å². The van der Waals surface area contributed by atoms with Gasteiger partial charge in [-0.3, -0.25) is 0 Å². The minimum absolute atomic E-state index is 0.0537. The topological polar surface area (TPSA) is 41.5 Å². The molecule has 0 spiro atoms. The van der Waals surface area contributed by atoms with E-state index >= 15 is 0 Å². The molecule has 3 heteroatoms. The number of rotatable bonds is 7. The Balaban J connectivity index is 1.49. The summed E-state index contributed by atoms with van der Waals surface area (Å²) >= 11 is 0. The first-order chi connectivity index (χ1) is 14.2. The summed E-state index contributed by atoms with van der Waals surface area (Å²) in [6, 6.07) is 27.9. The Morgan fingerprint density at radius 2 is 1.52 bits per heavy atom. The van der Waals surface area contributed by atoms with E-state index < -0.39 is 5.60 Å². The van der Waals surface area contributed by atoms with Crippen LogP contribution in [-0.2, 0) is 16.9 Å². The van der Waals surface area contributed by atoms with E-state index in [1.165, 1.54) is 0 Å². The Hall–Kier alpha value is -2.72. The van der Waals surface area contributed by atoms with Crippen molar-refractivity contribution in [2.24, 2.45) is 0 Å². The number of ether oxygens (including phenoxy) is 1. The lowest BCUT2D eigenvalue weighted by molar-refractivity contribution is 0.0229. The van der Waals surface area contributed by atoms with Crippen LogP contribution in [-0.4, -0.2) is 23.8 Å². The van der Waals surface area contributed by atoms with E-state index in [9.17, 15) is 5.11 Å². The maximum atomic E-state index is 11.9. The maximum absolute atomic E-state index is 11.9. The lowest BCUT2D eigenvalue weighted by Gasteiger charge is -2.35. The molecule has 3 aromatic rings. The van der Waals surface area contributed by atoms with Gasteiger partial charge in [0.25, 0.3) is 0 Å². The van der Waals surface area contributed by atoms with Gasteiger partial charge < -0.3 is 15.2 Å². The minimum Gasteiger partial charge on any atom is -0.379 e. The van der Waals surface area contributed by atoms with Gasteiger partial charge in [-0.2, -0.15) is 0 Å². The Bertz CT molecular complexity index is 882. The molecule has 1 fully saturated rings. The highest BCUT2D eigenvalue weighted by Gasteiger charge is 2.44. The molecule has 1 aliphatic rings. The summed E-state index contributed by atoms with van der Waals surface area (Å²) in [6.07, 6.45) is 2.63. The minimum atomic E-state index is -1.10. The first-order valence-electron chi connectivity index (χ1n) is 10.1. The fraction of sp³-hybridized carbons (Fsp3) is 0.231. The number of hydrogen-bond donors (Lipinski definition) is 2. The molecular weight excluding hydrogens is 358 g/mol. The van der Waals surface area contributed by atoms with Gasteiger partial charge in [0.15, 0.2) is 0 Å². The first-order valence-corrected chi connectivity index (χ1v) is 10.1. The average molecular weight is 386 g/mol. The molecule has 0 amide bonds. The molecule has 0 saturated carbocycles. The lowest BCUT2D eigenvalue weighted by atomic mass is 9.79. The molecule has 0 aromatic heterocycles. The molecule has 4 rings (SSSR count). The third-order valence-electron chi connectivity index (χ3n) is 5.72. The largest absolute Gasteiger partial charge is 0.379 e. The standard InChI is InChI=1S/C26H27NO2/c1-2-20-13-15-21(16-14-20)19-29-24-17-25(27-18-24)26(28,22-9-5-3-6-10-22)23-11-7-4-8-12-23/h2-16,24-25,27-28H,1,17-19H2/t24-,25-/m1/s1. The molecule has 2 atom stereocenters. The summed E-state index contributed by atoms with van der Waals surface area (Å²) in [5.74, 6) is 0. The molecule has 0 bridgehead atoms. The molecular formula is C26H27NO2. The van der Waals surface area contributed by atoms with Crippen LogP contribution in [0.2, 0.25) is 0 Å². The predicted octanol–water partition coefficient (Wildman–Crippen LogP) is 4.51. The summed E-state index contributed by atoms with van der Waals surface area (Å²) in [5, 5.41) is 15.4. The molecule has 2 N–H and O–H groups in total. The zero-order chi connectivity index (χ0) is 20.1. The van der Waals surface area contributed by atoms with Gasteiger partial charge in [0.2, 0.25) is 0 Å². The maximum Gasteiger partial charge on any atom is 0.130 e. The summed E-state index contributed by atoms with van der Waals surface area (Å²) in [6.45, 7) is 5.07. The van der Waals surface area contributed by atoms with Crippen LogP contribution < -0.4 is 5.32 Å². The lowest BCUT2D eigenvalue weighted by Crippen LogP contribution is -2.46. The van der Waals surface area contributed by atoms with Gasteiger partial charge >= 0.3 is 0 Å². The van der Waals surface area contributed by atoms with Gasteiger partial charge in [0.05, 0.1) is 12.7 Å². The van der Waals surface area contributed by atoms with Gasteiger partial charge in [-0.15, -0.1) is 0 Å². The van der Waals surface area contributed by atoms with Crippen LogP contribution in [0.25, 0.3) is 6.08 Å². The van der Waals surface area contributed by atoms with Crippen LogP contribution in [0, 0.1) is 0 Å². The van der Waals surface area contributed by atoms with Gasteiger partial charge in [0, 0.05) is 12.6 Å². The van der Waals surface area contributed by atoms with Crippen molar-refractivity contribution in [3.63, 3.8) is 0 Å². The molecule has 1 heterocycles. The smallest absolute Gasteiger partial charge is 0.130 e. The van der Waals surface area contributed by atoms with Crippen LogP contribution in [0.5, 0.6) is 0 Å². The van der Waals surface area contributed by atoms with Gasteiger partial charge in [-0.25, -0.2) is 0 Å². The summed E-state index contributed by atoms with van der Waals surface area (Å²) < 4.78 is 6.16. The Labute approximate surface area is 172 Å². The molecule has 29 heavy (non-hydrogen) atoms. The molecule has 3 nitrogen and oxygen atoms in total. The molecule has 3 aromatic carbocycles. The third kappa shape index (κ3) is 4.18. The van der Waals surface area contributed by atoms with Gasteiger partial charge in [-0.05, 0) is 28.7 Å². The van der Waals surface area contributed by atoms with E-state index in [1.807, 2.05) is 78.9 Å². The Kier molecular flexibility index (Phi) is 5.91. The predicted molar refractivity (Wildman–Crippen MR) is 117 cm³/mol. The molecule has 0 unspecified atom stereocenters. The number of nitrogens with one attached hydrogen (secondary N) is 1. The highest BCUT2D eigenvalue weighted by atomic mass is 16.5. The summed E-state index contributed by atoms with van der Waals surface area (Å²) in [7, 11) is 0. The molecule has 148 valence electrons.